The van der Waals surface area contributed by atoms with Gasteiger partial charge in [-0.2, -0.15) is 0 Å². The van der Waals surface area contributed by atoms with E-state index in [9.17, 15) is 4.79 Å². The monoisotopic (exact) mass is 569 g/mol. The van der Waals surface area contributed by atoms with Crippen LogP contribution in [0.5, 0.6) is 0 Å². The summed E-state index contributed by atoms with van der Waals surface area (Å²) in [6.07, 6.45) is 2.00. The van der Waals surface area contributed by atoms with Crippen LogP contribution in [0.4, 0.5) is 0 Å². The van der Waals surface area contributed by atoms with Crippen molar-refractivity contribution in [3.05, 3.63) is 101 Å². The van der Waals surface area contributed by atoms with Gasteiger partial charge in [-0.25, -0.2) is 4.98 Å². The molecule has 3 aromatic carbocycles. The molecular formula is C34H40ClN5O. The summed E-state index contributed by atoms with van der Waals surface area (Å²) in [7, 11) is 0. The van der Waals surface area contributed by atoms with Crippen LogP contribution in [-0.4, -0.2) is 68.4 Å². The molecule has 0 N–H and O–H groups in total. The van der Waals surface area contributed by atoms with Crippen LogP contribution in [0, 0.1) is 5.92 Å². The van der Waals surface area contributed by atoms with Crippen LogP contribution in [0.2, 0.25) is 5.02 Å². The van der Waals surface area contributed by atoms with E-state index in [-0.39, 0.29) is 5.92 Å². The van der Waals surface area contributed by atoms with E-state index in [1.165, 1.54) is 11.1 Å². The lowest BCUT2D eigenvalue weighted by molar-refractivity contribution is -0.142. The number of piperazine rings is 1. The van der Waals surface area contributed by atoms with Crippen LogP contribution in [0.3, 0.4) is 0 Å². The number of amides is 1. The molecule has 0 aliphatic carbocycles. The molecule has 0 saturated carbocycles. The van der Waals surface area contributed by atoms with Crippen molar-refractivity contribution in [3.8, 4) is 0 Å². The fourth-order valence-electron chi connectivity index (χ4n) is 6.70. The maximum Gasteiger partial charge on any atom is 0.227 e. The number of rotatable bonds is 7. The Morgan fingerprint density at radius 3 is 2.27 bits per heavy atom. The van der Waals surface area contributed by atoms with E-state index in [0.717, 1.165) is 80.5 Å². The van der Waals surface area contributed by atoms with E-state index in [2.05, 4.69) is 93.8 Å². The number of aromatic nitrogens is 2. The molecule has 0 bridgehead atoms. The molecule has 0 radical (unpaired) electrons. The zero-order chi connectivity index (χ0) is 28.3. The number of imidazole rings is 1. The maximum atomic E-state index is 13.8. The summed E-state index contributed by atoms with van der Waals surface area (Å²) in [5.41, 5.74) is 4.67. The number of fused-ring (bicyclic) bond motifs is 1. The summed E-state index contributed by atoms with van der Waals surface area (Å²) in [6.45, 7) is 10.3. The summed E-state index contributed by atoms with van der Waals surface area (Å²) < 4.78 is 2.32. The van der Waals surface area contributed by atoms with Crippen molar-refractivity contribution in [2.45, 2.75) is 58.4 Å². The van der Waals surface area contributed by atoms with E-state index < -0.39 is 0 Å². The molecule has 6 nitrogen and oxygen atoms in total. The Kier molecular flexibility index (Phi) is 8.42. The van der Waals surface area contributed by atoms with E-state index in [4.69, 9.17) is 16.6 Å². The summed E-state index contributed by atoms with van der Waals surface area (Å²) in [6, 6.07) is 27.7. The van der Waals surface area contributed by atoms with E-state index in [1.807, 2.05) is 18.2 Å². The van der Waals surface area contributed by atoms with E-state index in [1.54, 1.807) is 0 Å². The van der Waals surface area contributed by atoms with Crippen LogP contribution in [0.15, 0.2) is 78.9 Å². The number of benzene rings is 3. The first-order valence-electron chi connectivity index (χ1n) is 14.9. The molecular weight excluding hydrogens is 530 g/mol. The second-order valence-corrected chi connectivity index (χ2v) is 12.3. The lowest BCUT2D eigenvalue weighted by Gasteiger charge is -2.46. The predicted octanol–water partition coefficient (Wildman–Crippen LogP) is 6.07. The Bertz CT molecular complexity index is 1460. The van der Waals surface area contributed by atoms with Gasteiger partial charge in [-0.3, -0.25) is 14.6 Å². The molecule has 2 saturated heterocycles. The Labute approximate surface area is 248 Å². The van der Waals surface area contributed by atoms with Gasteiger partial charge in [0.25, 0.3) is 0 Å². The molecule has 2 aliphatic rings. The van der Waals surface area contributed by atoms with Gasteiger partial charge in [-0.15, -0.1) is 0 Å². The zero-order valence-electron chi connectivity index (χ0n) is 24.1. The second-order valence-electron chi connectivity index (χ2n) is 11.9. The smallest absolute Gasteiger partial charge is 0.227 e. The SMILES string of the molecule is C[C@@H]1CN(C(=O)[C@@H]2CCCN(Cc3nc4ccccc4n3Cc3ccc(Cl)cc3)C2)C[C@H](C)N1Cc1ccccc1. The van der Waals surface area contributed by atoms with E-state index >= 15 is 0 Å². The van der Waals surface area contributed by atoms with Crippen molar-refractivity contribution in [1.29, 1.82) is 0 Å². The summed E-state index contributed by atoms with van der Waals surface area (Å²) >= 11 is 6.14. The van der Waals surface area contributed by atoms with E-state index in [0.29, 0.717) is 18.0 Å². The average molecular weight is 570 g/mol. The number of halogens is 1. The van der Waals surface area contributed by atoms with Crippen molar-refractivity contribution in [3.63, 3.8) is 0 Å². The van der Waals surface area contributed by atoms with Crippen molar-refractivity contribution in [2.24, 2.45) is 5.92 Å². The van der Waals surface area contributed by atoms with Gasteiger partial charge in [0.05, 0.1) is 23.5 Å². The molecule has 214 valence electrons. The number of para-hydroxylation sites is 2. The van der Waals surface area contributed by atoms with Crippen molar-refractivity contribution < 1.29 is 4.79 Å². The Morgan fingerprint density at radius 1 is 0.829 bits per heavy atom. The average Bonchev–Trinajstić information content (AvgIpc) is 3.32. The standard InChI is InChI=1S/C34H40ClN5O/c1-25-19-38(20-26(2)39(25)21-27-9-4-3-5-10-27)34(41)29-11-8-18-37(23-29)24-33-36-31-12-6-7-13-32(31)40(33)22-28-14-16-30(35)17-15-28/h3-7,9-10,12-17,25-26,29H,8,11,18-24H2,1-2H3/t25-,26+,29-/m1/s1. The minimum absolute atomic E-state index is 0.0397. The van der Waals surface area contributed by atoms with Crippen molar-refractivity contribution in [1.82, 2.24) is 24.3 Å². The zero-order valence-corrected chi connectivity index (χ0v) is 24.9. The first-order valence-corrected chi connectivity index (χ1v) is 15.3. The first kappa shape index (κ1) is 28.0. The molecule has 3 heterocycles. The number of nitrogens with zero attached hydrogens (tertiary/aromatic N) is 5. The normalized spacial score (nSPS) is 22.3. The van der Waals surface area contributed by atoms with Gasteiger partial charge in [0.1, 0.15) is 5.82 Å². The van der Waals surface area contributed by atoms with Gasteiger partial charge in [-0.1, -0.05) is 66.2 Å². The molecule has 1 amide bonds. The summed E-state index contributed by atoms with van der Waals surface area (Å²) in [5, 5.41) is 0.745. The number of carbonyl (C=O) groups is 1. The first-order chi connectivity index (χ1) is 19.9. The molecule has 4 aromatic rings. The molecule has 0 spiro atoms. The second kappa shape index (κ2) is 12.4. The number of piperidine rings is 1. The Balaban J connectivity index is 1.13. The minimum Gasteiger partial charge on any atom is -0.339 e. The van der Waals surface area contributed by atoms with Crippen LogP contribution in [0.25, 0.3) is 11.0 Å². The maximum absolute atomic E-state index is 13.8. The topological polar surface area (TPSA) is 44.6 Å². The number of carbonyl (C=O) groups excluding carboxylic acids is 1. The fourth-order valence-corrected chi connectivity index (χ4v) is 6.82. The van der Waals surface area contributed by atoms with Crippen LogP contribution in [-0.2, 0) is 24.4 Å². The van der Waals surface area contributed by atoms with Gasteiger partial charge in [-0.05, 0) is 68.6 Å². The number of likely N-dealkylation sites (tertiary alicyclic amines) is 1. The summed E-state index contributed by atoms with van der Waals surface area (Å²) in [5.74, 6) is 1.41. The molecule has 41 heavy (non-hydrogen) atoms. The third-order valence-electron chi connectivity index (χ3n) is 8.83. The fraction of sp³-hybridized carbons (Fsp3) is 0.412. The highest BCUT2D eigenvalue weighted by molar-refractivity contribution is 6.30. The minimum atomic E-state index is 0.0397. The van der Waals surface area contributed by atoms with Crippen LogP contribution < -0.4 is 0 Å². The highest BCUT2D eigenvalue weighted by Gasteiger charge is 2.36. The van der Waals surface area contributed by atoms with Crippen LogP contribution in [0.1, 0.15) is 43.6 Å². The summed E-state index contributed by atoms with van der Waals surface area (Å²) in [4.78, 5) is 26.0. The van der Waals surface area contributed by atoms with Gasteiger partial charge in [0.15, 0.2) is 0 Å². The highest BCUT2D eigenvalue weighted by atomic mass is 35.5. The number of hydrogen-bond donors (Lipinski definition) is 0. The molecule has 2 aliphatic heterocycles. The molecule has 1 aromatic heterocycles. The van der Waals surface area contributed by atoms with Crippen molar-refractivity contribution in [2.75, 3.05) is 26.2 Å². The molecule has 2 fully saturated rings. The van der Waals surface area contributed by atoms with Gasteiger partial charge in [0.2, 0.25) is 5.91 Å². The quantitative estimate of drug-likeness (QED) is 0.271. The largest absolute Gasteiger partial charge is 0.339 e. The number of hydrogen-bond acceptors (Lipinski definition) is 4. The predicted molar refractivity (Wildman–Crippen MR) is 166 cm³/mol. The van der Waals surface area contributed by atoms with Gasteiger partial charge < -0.3 is 9.47 Å². The van der Waals surface area contributed by atoms with Gasteiger partial charge in [0, 0.05) is 49.8 Å². The Morgan fingerprint density at radius 2 is 1.51 bits per heavy atom. The Hall–Kier alpha value is -3.19. The lowest BCUT2D eigenvalue weighted by Crippen LogP contribution is -2.59. The van der Waals surface area contributed by atoms with Crippen molar-refractivity contribution >= 4 is 28.5 Å². The third kappa shape index (κ3) is 6.35. The lowest BCUT2D eigenvalue weighted by atomic mass is 9.95. The molecule has 0 unspecified atom stereocenters. The third-order valence-corrected chi connectivity index (χ3v) is 9.08. The molecule has 6 rings (SSSR count). The molecule has 7 heteroatoms. The van der Waals surface area contributed by atoms with Crippen LogP contribution >= 0.6 is 11.6 Å². The molecule has 3 atom stereocenters. The highest BCUT2D eigenvalue weighted by Crippen LogP contribution is 2.26. The van der Waals surface area contributed by atoms with Gasteiger partial charge >= 0.3 is 0 Å².